The van der Waals surface area contributed by atoms with E-state index < -0.39 is 5.54 Å². The van der Waals surface area contributed by atoms with E-state index in [9.17, 15) is 9.59 Å². The van der Waals surface area contributed by atoms with Crippen molar-refractivity contribution in [1.82, 2.24) is 20.0 Å². The molecule has 0 radical (unpaired) electrons. The standard InChI is InChI=1S/C28H42N4O3/c1-20-9-7-8-12-23(20)29-27(34)28(2)19-31-18-21-13-16-35-25(21)17-24(31)26(33)32(28)15-14-30(3)22-10-5-4-6-11-22/h13,16-17,20,22-23H,4-12,14-15,18-19H2,1-3H3,(H,29,34). The van der Waals surface area contributed by atoms with Gasteiger partial charge in [-0.2, -0.15) is 0 Å². The van der Waals surface area contributed by atoms with E-state index in [1.165, 1.54) is 38.5 Å². The molecular weight excluding hydrogens is 440 g/mol. The van der Waals surface area contributed by atoms with Crippen LogP contribution in [0.5, 0.6) is 0 Å². The molecule has 35 heavy (non-hydrogen) atoms. The maximum absolute atomic E-state index is 13.9. The molecule has 1 aromatic heterocycles. The molecule has 3 heterocycles. The normalized spacial score (nSPS) is 29.6. The molecule has 2 saturated carbocycles. The van der Waals surface area contributed by atoms with Gasteiger partial charge in [0, 0.05) is 43.4 Å². The van der Waals surface area contributed by atoms with Crippen molar-refractivity contribution in [3.8, 4) is 0 Å². The first kappa shape index (κ1) is 24.4. The molecule has 3 atom stereocenters. The molecular formula is C28H42N4O3. The largest absolute Gasteiger partial charge is 0.465 e. The van der Waals surface area contributed by atoms with Gasteiger partial charge in [-0.15, -0.1) is 0 Å². The smallest absolute Gasteiger partial charge is 0.271 e. The topological polar surface area (TPSA) is 69.0 Å². The van der Waals surface area contributed by atoms with Gasteiger partial charge in [0.15, 0.2) is 0 Å². The van der Waals surface area contributed by atoms with Crippen LogP contribution in [0, 0.1) is 5.92 Å². The number of carbonyl (C=O) groups excluding carboxylic acids is 2. The van der Waals surface area contributed by atoms with Crippen LogP contribution in [0.15, 0.2) is 22.4 Å². The number of likely N-dealkylation sites (N-methyl/N-ethyl adjacent to an activating group) is 1. The van der Waals surface area contributed by atoms with Crippen LogP contribution in [0.4, 0.5) is 0 Å². The quantitative estimate of drug-likeness (QED) is 0.664. The van der Waals surface area contributed by atoms with Crippen molar-refractivity contribution in [2.45, 2.75) is 95.8 Å². The first-order valence-electron chi connectivity index (χ1n) is 13.7. The predicted molar refractivity (Wildman–Crippen MR) is 136 cm³/mol. The monoisotopic (exact) mass is 482 g/mol. The Kier molecular flexibility index (Phi) is 6.97. The maximum Gasteiger partial charge on any atom is 0.271 e. The lowest BCUT2D eigenvalue weighted by Gasteiger charge is -2.50. The summed E-state index contributed by atoms with van der Waals surface area (Å²) in [5.74, 6) is 1.15. The molecule has 0 spiro atoms. The third-order valence-corrected chi connectivity index (χ3v) is 9.10. The summed E-state index contributed by atoms with van der Waals surface area (Å²) in [7, 11) is 2.17. The highest BCUT2D eigenvalue weighted by Crippen LogP contribution is 2.35. The van der Waals surface area contributed by atoms with E-state index in [4.69, 9.17) is 4.42 Å². The summed E-state index contributed by atoms with van der Waals surface area (Å²) in [5, 5.41) is 3.38. The number of hydrogen-bond acceptors (Lipinski definition) is 5. The Morgan fingerprint density at radius 3 is 2.69 bits per heavy atom. The molecule has 7 nitrogen and oxygen atoms in total. The van der Waals surface area contributed by atoms with Gasteiger partial charge in [0.2, 0.25) is 5.91 Å². The highest BCUT2D eigenvalue weighted by Gasteiger charge is 2.50. The molecule has 0 aromatic carbocycles. The highest BCUT2D eigenvalue weighted by atomic mass is 16.3. The van der Waals surface area contributed by atoms with Gasteiger partial charge in [0.1, 0.15) is 17.0 Å². The summed E-state index contributed by atoms with van der Waals surface area (Å²) in [5.41, 5.74) is 0.792. The van der Waals surface area contributed by atoms with Crippen molar-refractivity contribution >= 4 is 17.9 Å². The Morgan fingerprint density at radius 2 is 1.91 bits per heavy atom. The Hall–Kier alpha value is -2.28. The van der Waals surface area contributed by atoms with Gasteiger partial charge < -0.3 is 24.4 Å². The van der Waals surface area contributed by atoms with E-state index in [0.29, 0.717) is 37.3 Å². The van der Waals surface area contributed by atoms with Crippen LogP contribution in [-0.2, 0) is 16.1 Å². The van der Waals surface area contributed by atoms with Gasteiger partial charge >= 0.3 is 0 Å². The van der Waals surface area contributed by atoms with Crippen molar-refractivity contribution < 1.29 is 14.0 Å². The number of rotatable bonds is 6. The van der Waals surface area contributed by atoms with Gasteiger partial charge in [0.05, 0.1) is 12.8 Å². The fraction of sp³-hybridized carbons (Fsp3) is 0.714. The Morgan fingerprint density at radius 1 is 1.17 bits per heavy atom. The van der Waals surface area contributed by atoms with Crippen LogP contribution in [0.3, 0.4) is 0 Å². The molecule has 3 fully saturated rings. The molecule has 192 valence electrons. The third-order valence-electron chi connectivity index (χ3n) is 9.10. The van der Waals surface area contributed by atoms with E-state index in [1.807, 2.05) is 24.0 Å². The molecule has 1 N–H and O–H groups in total. The van der Waals surface area contributed by atoms with Crippen LogP contribution in [0.2, 0.25) is 0 Å². The molecule has 5 rings (SSSR count). The average Bonchev–Trinajstić information content (AvgIpc) is 3.32. The molecule has 4 aliphatic rings. The molecule has 0 bridgehead atoms. The molecule has 1 aromatic rings. The van der Waals surface area contributed by atoms with Gasteiger partial charge in [-0.05, 0) is 51.6 Å². The van der Waals surface area contributed by atoms with Crippen LogP contribution < -0.4 is 5.32 Å². The minimum Gasteiger partial charge on any atom is -0.465 e. The SMILES string of the molecule is CC1CCCCC1NC(=O)C1(C)CN2Cc3ccoc3C=C2C(=O)N1CCN(C)C1CCCCC1. The van der Waals surface area contributed by atoms with Crippen molar-refractivity contribution in [1.29, 1.82) is 0 Å². The first-order valence-corrected chi connectivity index (χ1v) is 13.7. The molecule has 1 saturated heterocycles. The summed E-state index contributed by atoms with van der Waals surface area (Å²) in [6.07, 6.45) is 14.4. The second kappa shape index (κ2) is 10.00. The van der Waals surface area contributed by atoms with Crippen LogP contribution >= 0.6 is 0 Å². The first-order chi connectivity index (χ1) is 16.9. The van der Waals surface area contributed by atoms with Crippen molar-refractivity contribution in [2.75, 3.05) is 26.7 Å². The molecule has 2 aliphatic heterocycles. The summed E-state index contributed by atoms with van der Waals surface area (Å²) in [4.78, 5) is 34.2. The van der Waals surface area contributed by atoms with Crippen molar-refractivity contribution in [3.05, 3.63) is 29.4 Å². The zero-order valence-corrected chi connectivity index (χ0v) is 21.7. The number of hydrogen-bond donors (Lipinski definition) is 1. The minimum atomic E-state index is -0.916. The minimum absolute atomic E-state index is 0.0121. The molecule has 7 heteroatoms. The fourth-order valence-corrected chi connectivity index (χ4v) is 6.63. The number of nitrogens with zero attached hydrogens (tertiary/aromatic N) is 3. The van der Waals surface area contributed by atoms with Gasteiger partial charge in [-0.3, -0.25) is 9.59 Å². The zero-order chi connectivity index (χ0) is 24.6. The Balaban J connectivity index is 1.38. The summed E-state index contributed by atoms with van der Waals surface area (Å²) in [6, 6.07) is 2.72. The number of fused-ring (bicyclic) bond motifs is 2. The second-order valence-corrected chi connectivity index (χ2v) is 11.5. The van der Waals surface area contributed by atoms with E-state index in [-0.39, 0.29) is 17.9 Å². The lowest BCUT2D eigenvalue weighted by atomic mass is 9.84. The Labute approximate surface area is 209 Å². The van der Waals surface area contributed by atoms with Crippen LogP contribution in [0.1, 0.15) is 83.0 Å². The summed E-state index contributed by atoms with van der Waals surface area (Å²) in [6.45, 7) is 6.62. The lowest BCUT2D eigenvalue weighted by Crippen LogP contribution is -2.70. The van der Waals surface area contributed by atoms with Crippen LogP contribution in [-0.4, -0.2) is 70.8 Å². The molecule has 2 aliphatic carbocycles. The average molecular weight is 483 g/mol. The fourth-order valence-electron chi connectivity index (χ4n) is 6.63. The van der Waals surface area contributed by atoms with E-state index in [1.54, 1.807) is 6.26 Å². The third kappa shape index (κ3) is 4.76. The van der Waals surface area contributed by atoms with Crippen LogP contribution in [0.25, 0.3) is 6.08 Å². The summed E-state index contributed by atoms with van der Waals surface area (Å²) < 4.78 is 5.62. The van der Waals surface area contributed by atoms with E-state index >= 15 is 0 Å². The Bertz CT molecular complexity index is 965. The molecule has 3 unspecified atom stereocenters. The summed E-state index contributed by atoms with van der Waals surface area (Å²) >= 11 is 0. The number of amides is 2. The number of carbonyl (C=O) groups is 2. The number of furan rings is 1. The molecule has 2 amide bonds. The number of piperazine rings is 1. The van der Waals surface area contributed by atoms with Gasteiger partial charge in [-0.25, -0.2) is 0 Å². The second-order valence-electron chi connectivity index (χ2n) is 11.5. The highest BCUT2D eigenvalue weighted by molar-refractivity contribution is 6.03. The van der Waals surface area contributed by atoms with E-state index in [0.717, 1.165) is 37.1 Å². The predicted octanol–water partition coefficient (Wildman–Crippen LogP) is 4.00. The van der Waals surface area contributed by atoms with Crippen molar-refractivity contribution in [3.63, 3.8) is 0 Å². The maximum atomic E-state index is 13.9. The zero-order valence-electron chi connectivity index (χ0n) is 21.7. The van der Waals surface area contributed by atoms with Crippen molar-refractivity contribution in [2.24, 2.45) is 5.92 Å². The van der Waals surface area contributed by atoms with Gasteiger partial charge in [0.25, 0.3) is 5.91 Å². The van der Waals surface area contributed by atoms with Gasteiger partial charge in [-0.1, -0.05) is 39.0 Å². The van der Waals surface area contributed by atoms with E-state index in [2.05, 4.69) is 29.1 Å². The number of nitrogens with one attached hydrogen (secondary N) is 1. The lowest BCUT2D eigenvalue weighted by molar-refractivity contribution is -0.152.